The van der Waals surface area contributed by atoms with Crippen LogP contribution in [-0.2, 0) is 4.79 Å². The van der Waals surface area contributed by atoms with Gasteiger partial charge in [0.15, 0.2) is 0 Å². The van der Waals surface area contributed by atoms with Gasteiger partial charge in [0.05, 0.1) is 5.02 Å². The molecule has 1 saturated carbocycles. The summed E-state index contributed by atoms with van der Waals surface area (Å²) < 4.78 is 13.6. The molecular formula is C15H19Cl2FN2O. The van der Waals surface area contributed by atoms with Crippen molar-refractivity contribution in [2.75, 3.05) is 0 Å². The van der Waals surface area contributed by atoms with Crippen molar-refractivity contribution in [3.8, 4) is 0 Å². The van der Waals surface area contributed by atoms with Crippen LogP contribution >= 0.6 is 23.2 Å². The first kappa shape index (κ1) is 16.5. The van der Waals surface area contributed by atoms with E-state index in [0.29, 0.717) is 10.6 Å². The van der Waals surface area contributed by atoms with Crippen LogP contribution in [0.25, 0.3) is 0 Å². The molecule has 0 bridgehead atoms. The summed E-state index contributed by atoms with van der Waals surface area (Å²) in [6.07, 6.45) is 3.29. The van der Waals surface area contributed by atoms with E-state index in [4.69, 9.17) is 28.9 Å². The lowest BCUT2D eigenvalue weighted by molar-refractivity contribution is -0.122. The van der Waals surface area contributed by atoms with Crippen LogP contribution in [0.1, 0.15) is 44.2 Å². The van der Waals surface area contributed by atoms with Gasteiger partial charge in [-0.25, -0.2) is 4.39 Å². The number of carbonyl (C=O) groups excluding carboxylic acids is 1. The molecule has 1 fully saturated rings. The number of primary amides is 1. The lowest BCUT2D eigenvalue weighted by Crippen LogP contribution is -2.38. The number of nitrogens with two attached hydrogens (primary N) is 1. The number of nitrogens with one attached hydrogen (secondary N) is 1. The second kappa shape index (κ2) is 6.95. The molecule has 1 unspecified atom stereocenters. The Morgan fingerprint density at radius 1 is 1.33 bits per heavy atom. The molecule has 0 spiro atoms. The summed E-state index contributed by atoms with van der Waals surface area (Å²) >= 11 is 12.1. The number of halogens is 3. The molecule has 1 aromatic rings. The van der Waals surface area contributed by atoms with Gasteiger partial charge in [0.2, 0.25) is 5.91 Å². The quantitative estimate of drug-likeness (QED) is 0.823. The molecule has 1 atom stereocenters. The minimum atomic E-state index is -0.470. The van der Waals surface area contributed by atoms with Crippen LogP contribution in [0.2, 0.25) is 10.0 Å². The second-order valence-electron chi connectivity index (χ2n) is 5.60. The summed E-state index contributed by atoms with van der Waals surface area (Å²) in [6.45, 7) is 1.91. The van der Waals surface area contributed by atoms with Gasteiger partial charge in [-0.2, -0.15) is 0 Å². The Balaban J connectivity index is 2.01. The van der Waals surface area contributed by atoms with Crippen molar-refractivity contribution >= 4 is 29.1 Å². The highest BCUT2D eigenvalue weighted by molar-refractivity contribution is 6.36. The molecule has 0 saturated heterocycles. The Morgan fingerprint density at radius 3 is 2.52 bits per heavy atom. The number of carbonyl (C=O) groups is 1. The average molecular weight is 333 g/mol. The number of hydrogen-bond donors (Lipinski definition) is 2. The number of amides is 1. The first-order chi connectivity index (χ1) is 9.90. The Morgan fingerprint density at radius 2 is 1.95 bits per heavy atom. The van der Waals surface area contributed by atoms with E-state index in [9.17, 15) is 9.18 Å². The molecular weight excluding hydrogens is 314 g/mol. The zero-order chi connectivity index (χ0) is 15.6. The van der Waals surface area contributed by atoms with Crippen molar-refractivity contribution in [3.05, 3.63) is 33.6 Å². The van der Waals surface area contributed by atoms with Crippen molar-refractivity contribution in [2.24, 2.45) is 11.7 Å². The van der Waals surface area contributed by atoms with E-state index in [2.05, 4.69) is 5.32 Å². The molecule has 3 nitrogen and oxygen atoms in total. The maximum Gasteiger partial charge on any atom is 0.220 e. The highest BCUT2D eigenvalue weighted by atomic mass is 35.5. The second-order valence-corrected chi connectivity index (χ2v) is 6.38. The standard InChI is InChI=1S/C15H19Cl2FN2O/c1-8(13-11(16)6-7-12(18)14(13)17)20-10-4-2-9(3-5-10)15(19)21/h6-10,20H,2-5H2,1H3,(H2,19,21). The molecule has 0 aromatic heterocycles. The summed E-state index contributed by atoms with van der Waals surface area (Å²) in [7, 11) is 0. The SMILES string of the molecule is CC(NC1CCC(C(N)=O)CC1)c1c(Cl)ccc(F)c1Cl. The molecule has 0 radical (unpaired) electrons. The van der Waals surface area contributed by atoms with E-state index in [1.807, 2.05) is 6.92 Å². The maximum absolute atomic E-state index is 13.6. The maximum atomic E-state index is 13.6. The molecule has 21 heavy (non-hydrogen) atoms. The minimum absolute atomic E-state index is 0.0281. The van der Waals surface area contributed by atoms with E-state index in [-0.39, 0.29) is 28.9 Å². The van der Waals surface area contributed by atoms with E-state index >= 15 is 0 Å². The summed E-state index contributed by atoms with van der Waals surface area (Å²) in [4.78, 5) is 11.2. The predicted octanol–water partition coefficient (Wildman–Crippen LogP) is 3.83. The molecule has 0 heterocycles. The van der Waals surface area contributed by atoms with Crippen molar-refractivity contribution < 1.29 is 9.18 Å². The third kappa shape index (κ3) is 3.87. The summed E-state index contributed by atoms with van der Waals surface area (Å²) in [5.74, 6) is -0.723. The summed E-state index contributed by atoms with van der Waals surface area (Å²) in [6, 6.07) is 2.88. The number of hydrogen-bond acceptors (Lipinski definition) is 2. The van der Waals surface area contributed by atoms with Gasteiger partial charge in [0.25, 0.3) is 0 Å². The Hall–Kier alpha value is -0.840. The van der Waals surface area contributed by atoms with Crippen LogP contribution in [0.15, 0.2) is 12.1 Å². The Kier molecular flexibility index (Phi) is 5.47. The van der Waals surface area contributed by atoms with Gasteiger partial charge in [0, 0.05) is 28.6 Å². The van der Waals surface area contributed by atoms with Gasteiger partial charge < -0.3 is 11.1 Å². The van der Waals surface area contributed by atoms with Crippen LogP contribution in [-0.4, -0.2) is 11.9 Å². The van der Waals surface area contributed by atoms with E-state index < -0.39 is 5.82 Å². The predicted molar refractivity (Wildman–Crippen MR) is 82.9 cm³/mol. The topological polar surface area (TPSA) is 55.1 Å². The van der Waals surface area contributed by atoms with Crippen molar-refractivity contribution in [1.29, 1.82) is 0 Å². The molecule has 2 rings (SSSR count). The monoisotopic (exact) mass is 332 g/mol. The van der Waals surface area contributed by atoms with Gasteiger partial charge >= 0.3 is 0 Å². The van der Waals surface area contributed by atoms with Crippen LogP contribution in [0.5, 0.6) is 0 Å². The Bertz CT molecular complexity index is 531. The molecule has 0 aliphatic heterocycles. The third-order valence-corrected chi connectivity index (χ3v) is 4.84. The molecule has 1 amide bonds. The number of benzene rings is 1. The van der Waals surface area contributed by atoms with Gasteiger partial charge in [-0.1, -0.05) is 23.2 Å². The van der Waals surface area contributed by atoms with Gasteiger partial charge in [-0.15, -0.1) is 0 Å². The largest absolute Gasteiger partial charge is 0.369 e. The molecule has 3 N–H and O–H groups in total. The fourth-order valence-corrected chi connectivity index (χ4v) is 3.62. The molecule has 6 heteroatoms. The van der Waals surface area contributed by atoms with Crippen LogP contribution in [0.4, 0.5) is 4.39 Å². The first-order valence-corrected chi connectivity index (χ1v) is 7.84. The van der Waals surface area contributed by atoms with E-state index in [1.54, 1.807) is 0 Å². The zero-order valence-electron chi connectivity index (χ0n) is 11.8. The van der Waals surface area contributed by atoms with Crippen LogP contribution in [0.3, 0.4) is 0 Å². The first-order valence-electron chi connectivity index (χ1n) is 7.09. The zero-order valence-corrected chi connectivity index (χ0v) is 13.3. The average Bonchev–Trinajstić information content (AvgIpc) is 2.44. The van der Waals surface area contributed by atoms with Crippen molar-refractivity contribution in [2.45, 2.75) is 44.7 Å². The van der Waals surface area contributed by atoms with Gasteiger partial charge in [-0.3, -0.25) is 4.79 Å². The van der Waals surface area contributed by atoms with Gasteiger partial charge in [-0.05, 0) is 44.7 Å². The molecule has 1 aromatic carbocycles. The summed E-state index contributed by atoms with van der Waals surface area (Å²) in [5.41, 5.74) is 5.90. The smallest absolute Gasteiger partial charge is 0.220 e. The molecule has 1 aliphatic carbocycles. The van der Waals surface area contributed by atoms with Crippen LogP contribution in [0, 0.1) is 11.7 Å². The fraction of sp³-hybridized carbons (Fsp3) is 0.533. The van der Waals surface area contributed by atoms with Gasteiger partial charge in [0.1, 0.15) is 5.82 Å². The van der Waals surface area contributed by atoms with E-state index in [0.717, 1.165) is 25.7 Å². The lowest BCUT2D eigenvalue weighted by atomic mass is 9.85. The minimum Gasteiger partial charge on any atom is -0.369 e. The molecule has 116 valence electrons. The lowest BCUT2D eigenvalue weighted by Gasteiger charge is -2.30. The highest BCUT2D eigenvalue weighted by Gasteiger charge is 2.26. The van der Waals surface area contributed by atoms with Crippen molar-refractivity contribution in [3.63, 3.8) is 0 Å². The van der Waals surface area contributed by atoms with E-state index in [1.165, 1.54) is 12.1 Å². The highest BCUT2D eigenvalue weighted by Crippen LogP contribution is 2.34. The molecule has 1 aliphatic rings. The fourth-order valence-electron chi connectivity index (χ4n) is 2.92. The third-order valence-electron chi connectivity index (χ3n) is 4.13. The normalized spacial score (nSPS) is 23.8. The van der Waals surface area contributed by atoms with Crippen LogP contribution < -0.4 is 11.1 Å². The Labute approximate surface area is 134 Å². The number of rotatable bonds is 4. The van der Waals surface area contributed by atoms with Crippen molar-refractivity contribution in [1.82, 2.24) is 5.32 Å². The summed E-state index contributed by atoms with van der Waals surface area (Å²) in [5, 5.41) is 3.93.